The van der Waals surface area contributed by atoms with E-state index in [4.69, 9.17) is 17.3 Å². The van der Waals surface area contributed by atoms with Gasteiger partial charge in [0.25, 0.3) is 5.91 Å². The van der Waals surface area contributed by atoms with Gasteiger partial charge < -0.3 is 21.3 Å². The molecule has 2 rings (SSSR count). The summed E-state index contributed by atoms with van der Waals surface area (Å²) in [5, 5.41) is 5.75. The van der Waals surface area contributed by atoms with Gasteiger partial charge in [0.15, 0.2) is 0 Å². The van der Waals surface area contributed by atoms with Gasteiger partial charge in [0.2, 0.25) is 11.8 Å². The molecule has 0 spiro atoms. The van der Waals surface area contributed by atoms with Crippen LogP contribution in [0.15, 0.2) is 18.2 Å². The number of nitrogens with two attached hydrogens (primary N) is 1. The molecular weight excluding hydrogens is 320 g/mol. The monoisotopic (exact) mass is 338 g/mol. The van der Waals surface area contributed by atoms with E-state index in [9.17, 15) is 14.4 Å². The van der Waals surface area contributed by atoms with Crippen molar-refractivity contribution in [2.24, 2.45) is 5.73 Å². The normalized spacial score (nSPS) is 13.7. The molecule has 1 aromatic carbocycles. The molecular formula is C15H19ClN4O3. The van der Waals surface area contributed by atoms with E-state index >= 15 is 0 Å². The molecule has 0 saturated carbocycles. The molecule has 0 aromatic heterocycles. The lowest BCUT2D eigenvalue weighted by Crippen LogP contribution is -2.40. The molecule has 7 nitrogen and oxygen atoms in total. The lowest BCUT2D eigenvalue weighted by atomic mass is 10.1. The van der Waals surface area contributed by atoms with Gasteiger partial charge in [-0.1, -0.05) is 11.6 Å². The Balaban J connectivity index is 1.82. The van der Waals surface area contributed by atoms with Crippen LogP contribution < -0.4 is 16.4 Å². The summed E-state index contributed by atoms with van der Waals surface area (Å²) >= 11 is 5.81. The van der Waals surface area contributed by atoms with E-state index < -0.39 is 5.91 Å². The number of carbonyl (C=O) groups is 3. The minimum atomic E-state index is -0.639. The number of likely N-dealkylation sites (tertiary alicyclic amines) is 1. The van der Waals surface area contributed by atoms with E-state index in [0.29, 0.717) is 10.7 Å². The number of hydrogen-bond donors (Lipinski definition) is 3. The average Bonchev–Trinajstić information content (AvgIpc) is 3.05. The van der Waals surface area contributed by atoms with Crippen molar-refractivity contribution in [3.63, 3.8) is 0 Å². The van der Waals surface area contributed by atoms with Crippen molar-refractivity contribution >= 4 is 35.0 Å². The third-order valence-corrected chi connectivity index (χ3v) is 3.82. The maximum absolute atomic E-state index is 11.8. The Morgan fingerprint density at radius 1 is 1.17 bits per heavy atom. The van der Waals surface area contributed by atoms with E-state index in [-0.39, 0.29) is 30.5 Å². The predicted molar refractivity (Wildman–Crippen MR) is 87.3 cm³/mol. The Morgan fingerprint density at radius 3 is 2.52 bits per heavy atom. The van der Waals surface area contributed by atoms with Crippen LogP contribution in [0.2, 0.25) is 5.02 Å². The van der Waals surface area contributed by atoms with Crippen LogP contribution in [-0.2, 0) is 9.59 Å². The van der Waals surface area contributed by atoms with Crippen molar-refractivity contribution in [1.82, 2.24) is 10.2 Å². The maximum Gasteiger partial charge on any atom is 0.250 e. The van der Waals surface area contributed by atoms with Crippen molar-refractivity contribution in [3.8, 4) is 0 Å². The number of amides is 3. The molecule has 0 radical (unpaired) electrons. The van der Waals surface area contributed by atoms with E-state index in [1.165, 1.54) is 6.07 Å². The second kappa shape index (κ2) is 7.82. The average molecular weight is 339 g/mol. The highest BCUT2D eigenvalue weighted by Crippen LogP contribution is 2.20. The van der Waals surface area contributed by atoms with E-state index in [1.807, 2.05) is 0 Å². The van der Waals surface area contributed by atoms with Crippen molar-refractivity contribution in [2.75, 3.05) is 31.5 Å². The van der Waals surface area contributed by atoms with Gasteiger partial charge in [-0.25, -0.2) is 0 Å². The molecule has 0 atom stereocenters. The van der Waals surface area contributed by atoms with Gasteiger partial charge in [-0.05, 0) is 31.0 Å². The topological polar surface area (TPSA) is 105 Å². The van der Waals surface area contributed by atoms with Gasteiger partial charge in [0, 0.05) is 23.8 Å². The third kappa shape index (κ3) is 4.85. The van der Waals surface area contributed by atoms with Gasteiger partial charge in [-0.3, -0.25) is 14.4 Å². The minimum Gasteiger partial charge on any atom is -0.376 e. The van der Waals surface area contributed by atoms with Crippen LogP contribution in [0.3, 0.4) is 0 Å². The fourth-order valence-corrected chi connectivity index (χ4v) is 2.54. The molecule has 1 aliphatic heterocycles. The third-order valence-electron chi connectivity index (χ3n) is 3.58. The summed E-state index contributed by atoms with van der Waals surface area (Å²) in [7, 11) is 0. The standard InChI is InChI=1S/C15H19ClN4O3/c16-10-3-4-12(11(7-10)15(17)23)18-8-13(21)19-9-14(22)20-5-1-2-6-20/h3-4,7,18H,1-2,5-6,8-9H2,(H2,17,23)(H,19,21). The van der Waals surface area contributed by atoms with E-state index in [2.05, 4.69) is 10.6 Å². The highest BCUT2D eigenvalue weighted by Gasteiger charge is 2.18. The summed E-state index contributed by atoms with van der Waals surface area (Å²) < 4.78 is 0. The van der Waals surface area contributed by atoms with E-state index in [0.717, 1.165) is 25.9 Å². The van der Waals surface area contributed by atoms with Crippen molar-refractivity contribution in [3.05, 3.63) is 28.8 Å². The number of primary amides is 1. The molecule has 1 fully saturated rings. The Kier molecular flexibility index (Phi) is 5.81. The van der Waals surface area contributed by atoms with Crippen LogP contribution in [0, 0.1) is 0 Å². The molecule has 0 bridgehead atoms. The van der Waals surface area contributed by atoms with Crippen LogP contribution in [0.4, 0.5) is 5.69 Å². The van der Waals surface area contributed by atoms with Crippen LogP contribution in [0.5, 0.6) is 0 Å². The fraction of sp³-hybridized carbons (Fsp3) is 0.400. The first-order valence-corrected chi connectivity index (χ1v) is 7.73. The Bertz CT molecular complexity index is 615. The second-order valence-corrected chi connectivity index (χ2v) is 5.71. The quantitative estimate of drug-likeness (QED) is 0.706. The number of benzene rings is 1. The van der Waals surface area contributed by atoms with Gasteiger partial charge in [-0.15, -0.1) is 0 Å². The number of nitrogens with zero attached hydrogens (tertiary/aromatic N) is 1. The highest BCUT2D eigenvalue weighted by atomic mass is 35.5. The molecule has 23 heavy (non-hydrogen) atoms. The zero-order chi connectivity index (χ0) is 16.8. The van der Waals surface area contributed by atoms with Crippen molar-refractivity contribution in [2.45, 2.75) is 12.8 Å². The van der Waals surface area contributed by atoms with Crippen LogP contribution in [0.25, 0.3) is 0 Å². The molecule has 1 heterocycles. The van der Waals surface area contributed by atoms with Crippen LogP contribution in [0.1, 0.15) is 23.2 Å². The van der Waals surface area contributed by atoms with Gasteiger partial charge >= 0.3 is 0 Å². The maximum atomic E-state index is 11.8. The highest BCUT2D eigenvalue weighted by molar-refractivity contribution is 6.31. The first-order chi connectivity index (χ1) is 11.0. The summed E-state index contributed by atoms with van der Waals surface area (Å²) in [5.41, 5.74) is 5.90. The number of rotatable bonds is 6. The molecule has 124 valence electrons. The van der Waals surface area contributed by atoms with Gasteiger partial charge in [0.1, 0.15) is 0 Å². The molecule has 0 unspecified atom stereocenters. The predicted octanol–water partition coefficient (Wildman–Crippen LogP) is 0.589. The van der Waals surface area contributed by atoms with Crippen molar-refractivity contribution in [1.29, 1.82) is 0 Å². The first kappa shape index (κ1) is 17.1. The Morgan fingerprint density at radius 2 is 1.87 bits per heavy atom. The summed E-state index contributed by atoms with van der Waals surface area (Å²) in [6.45, 7) is 1.40. The molecule has 3 amide bonds. The number of halogens is 1. The van der Waals surface area contributed by atoms with Crippen LogP contribution in [-0.4, -0.2) is 48.8 Å². The molecule has 4 N–H and O–H groups in total. The fourth-order valence-electron chi connectivity index (χ4n) is 2.37. The largest absolute Gasteiger partial charge is 0.376 e. The lowest BCUT2D eigenvalue weighted by molar-refractivity contribution is -0.131. The smallest absolute Gasteiger partial charge is 0.250 e. The molecule has 1 aromatic rings. The molecule has 0 aliphatic carbocycles. The number of anilines is 1. The molecule has 1 saturated heterocycles. The lowest BCUT2D eigenvalue weighted by Gasteiger charge is -2.16. The number of nitrogens with one attached hydrogen (secondary N) is 2. The zero-order valence-electron chi connectivity index (χ0n) is 12.6. The summed E-state index contributed by atoms with van der Waals surface area (Å²) in [6, 6.07) is 4.59. The summed E-state index contributed by atoms with van der Waals surface area (Å²) in [4.78, 5) is 36.7. The number of hydrogen-bond acceptors (Lipinski definition) is 4. The minimum absolute atomic E-state index is 0.0240. The summed E-state index contributed by atoms with van der Waals surface area (Å²) in [5.74, 6) is -1.07. The van der Waals surface area contributed by atoms with Gasteiger partial charge in [-0.2, -0.15) is 0 Å². The Hall–Kier alpha value is -2.28. The Labute approximate surface area is 139 Å². The number of carbonyl (C=O) groups excluding carboxylic acids is 3. The van der Waals surface area contributed by atoms with E-state index in [1.54, 1.807) is 17.0 Å². The van der Waals surface area contributed by atoms with Crippen molar-refractivity contribution < 1.29 is 14.4 Å². The second-order valence-electron chi connectivity index (χ2n) is 5.27. The zero-order valence-corrected chi connectivity index (χ0v) is 13.4. The molecule has 1 aliphatic rings. The first-order valence-electron chi connectivity index (χ1n) is 7.35. The SMILES string of the molecule is NC(=O)c1cc(Cl)ccc1NCC(=O)NCC(=O)N1CCCC1. The van der Waals surface area contributed by atoms with Gasteiger partial charge in [0.05, 0.1) is 18.7 Å². The summed E-state index contributed by atoms with van der Waals surface area (Å²) in [6.07, 6.45) is 2.02. The molecule has 8 heteroatoms. The van der Waals surface area contributed by atoms with Crippen LogP contribution >= 0.6 is 11.6 Å².